The molecule has 0 spiro atoms. The van der Waals surface area contributed by atoms with Crippen LogP contribution in [0.3, 0.4) is 0 Å². The molecule has 0 saturated heterocycles. The number of hydrogen-bond acceptors (Lipinski definition) is 4. The third-order valence-electron chi connectivity index (χ3n) is 3.69. The van der Waals surface area contributed by atoms with Gasteiger partial charge in [0.25, 0.3) is 0 Å². The lowest BCUT2D eigenvalue weighted by Crippen LogP contribution is -2.20. The molecule has 1 amide bonds. The van der Waals surface area contributed by atoms with Crippen LogP contribution in [-0.4, -0.2) is 26.2 Å². The average molecular weight is 360 g/mol. The number of rotatable bonds is 5. The largest absolute Gasteiger partial charge is 0.496 e. The average Bonchev–Trinajstić information content (AvgIpc) is 2.65. The number of carbonyl (C=O) groups is 1. The van der Waals surface area contributed by atoms with E-state index in [1.165, 1.54) is 6.08 Å². The zero-order valence-corrected chi connectivity index (χ0v) is 14.5. The fourth-order valence-electron chi connectivity index (χ4n) is 2.49. The lowest BCUT2D eigenvalue weighted by Gasteiger charge is -2.19. The van der Waals surface area contributed by atoms with Crippen molar-refractivity contribution in [3.63, 3.8) is 0 Å². The molecule has 5 nitrogen and oxygen atoms in total. The van der Waals surface area contributed by atoms with Crippen LogP contribution in [0, 0.1) is 0 Å². The number of fused-ring (bicyclic) bond motifs is 1. The number of amides is 1. The van der Waals surface area contributed by atoms with Crippen molar-refractivity contribution in [1.29, 1.82) is 0 Å². The lowest BCUT2D eigenvalue weighted by atomic mass is 10.1. The molecule has 0 fully saturated rings. The van der Waals surface area contributed by atoms with Crippen LogP contribution in [0.25, 0.3) is 6.08 Å². The van der Waals surface area contributed by atoms with E-state index in [4.69, 9.17) is 25.8 Å². The second-order valence-corrected chi connectivity index (χ2v) is 5.80. The van der Waals surface area contributed by atoms with Crippen LogP contribution >= 0.6 is 11.6 Å². The summed E-state index contributed by atoms with van der Waals surface area (Å²) < 4.78 is 16.3. The molecule has 0 aromatic heterocycles. The maximum atomic E-state index is 12.0. The van der Waals surface area contributed by atoms with Crippen molar-refractivity contribution < 1.29 is 19.0 Å². The van der Waals surface area contributed by atoms with Crippen LogP contribution in [0.2, 0.25) is 5.02 Å². The molecule has 0 aliphatic carbocycles. The highest BCUT2D eigenvalue weighted by atomic mass is 35.5. The van der Waals surface area contributed by atoms with Crippen molar-refractivity contribution in [3.8, 4) is 17.2 Å². The summed E-state index contributed by atoms with van der Waals surface area (Å²) in [5.41, 5.74) is 1.68. The fourth-order valence-corrected chi connectivity index (χ4v) is 2.76. The minimum Gasteiger partial charge on any atom is -0.496 e. The summed E-state index contributed by atoms with van der Waals surface area (Å²) in [4.78, 5) is 12.0. The van der Waals surface area contributed by atoms with E-state index in [9.17, 15) is 4.79 Å². The Hall–Kier alpha value is -2.66. The van der Waals surface area contributed by atoms with Crippen LogP contribution < -0.4 is 19.5 Å². The standard InChI is InChI=1S/C19H18ClNO4/c1-23-16-5-3-2-4-14(16)12-21-18(22)7-6-13-10-15(20)19-17(11-13)24-8-9-25-19/h2-7,10-11H,8-9,12H2,1H3,(H,21,22)/b7-6+. The van der Waals surface area contributed by atoms with Gasteiger partial charge >= 0.3 is 0 Å². The fraction of sp³-hybridized carbons (Fsp3) is 0.211. The van der Waals surface area contributed by atoms with Crippen LogP contribution in [0.1, 0.15) is 11.1 Å². The van der Waals surface area contributed by atoms with Gasteiger partial charge in [0, 0.05) is 18.2 Å². The first-order valence-corrected chi connectivity index (χ1v) is 8.22. The zero-order chi connectivity index (χ0) is 17.6. The van der Waals surface area contributed by atoms with Crippen molar-refractivity contribution in [1.82, 2.24) is 5.32 Å². The third kappa shape index (κ3) is 4.25. The van der Waals surface area contributed by atoms with Crippen molar-refractivity contribution in [2.45, 2.75) is 6.54 Å². The summed E-state index contributed by atoms with van der Waals surface area (Å²) in [5.74, 6) is 1.67. The van der Waals surface area contributed by atoms with E-state index in [-0.39, 0.29) is 5.91 Å². The van der Waals surface area contributed by atoms with Crippen LogP contribution in [0.5, 0.6) is 17.2 Å². The summed E-state index contributed by atoms with van der Waals surface area (Å²) >= 11 is 6.18. The second kappa shape index (κ2) is 7.94. The number of nitrogens with one attached hydrogen (secondary N) is 1. The van der Waals surface area contributed by atoms with Crippen molar-refractivity contribution in [2.75, 3.05) is 20.3 Å². The number of benzene rings is 2. The Kier molecular flexibility index (Phi) is 5.46. The molecule has 0 atom stereocenters. The quantitative estimate of drug-likeness (QED) is 0.831. The number of carbonyl (C=O) groups excluding carboxylic acids is 1. The molecule has 0 saturated carbocycles. The molecule has 130 valence electrons. The molecule has 0 bridgehead atoms. The normalized spacial score (nSPS) is 12.9. The van der Waals surface area contributed by atoms with Gasteiger partial charge in [0.1, 0.15) is 19.0 Å². The van der Waals surface area contributed by atoms with E-state index in [0.29, 0.717) is 36.3 Å². The maximum absolute atomic E-state index is 12.0. The van der Waals surface area contributed by atoms with Gasteiger partial charge < -0.3 is 19.5 Å². The molecule has 1 aliphatic heterocycles. The van der Waals surface area contributed by atoms with Crippen LogP contribution in [0.15, 0.2) is 42.5 Å². The molecule has 0 radical (unpaired) electrons. The predicted octanol–water partition coefficient (Wildman–Crippen LogP) is 3.45. The molecule has 1 N–H and O–H groups in total. The molecule has 0 unspecified atom stereocenters. The first kappa shape index (κ1) is 17.2. The number of hydrogen-bond donors (Lipinski definition) is 1. The topological polar surface area (TPSA) is 56.8 Å². The van der Waals surface area contributed by atoms with Crippen LogP contribution in [0.4, 0.5) is 0 Å². The third-order valence-corrected chi connectivity index (χ3v) is 3.97. The Morgan fingerprint density at radius 3 is 2.92 bits per heavy atom. The molecular weight excluding hydrogens is 342 g/mol. The van der Waals surface area contributed by atoms with Crippen LogP contribution in [-0.2, 0) is 11.3 Å². The van der Waals surface area contributed by atoms with Gasteiger partial charge in [-0.1, -0.05) is 29.8 Å². The number of para-hydroxylation sites is 1. The van der Waals surface area contributed by atoms with Gasteiger partial charge in [0.15, 0.2) is 11.5 Å². The molecular formula is C19H18ClNO4. The summed E-state index contributed by atoms with van der Waals surface area (Å²) in [6.07, 6.45) is 3.14. The lowest BCUT2D eigenvalue weighted by molar-refractivity contribution is -0.116. The highest BCUT2D eigenvalue weighted by Crippen LogP contribution is 2.38. The second-order valence-electron chi connectivity index (χ2n) is 5.39. The summed E-state index contributed by atoms with van der Waals surface area (Å²) in [7, 11) is 1.60. The minimum atomic E-state index is -0.211. The smallest absolute Gasteiger partial charge is 0.244 e. The van der Waals surface area contributed by atoms with E-state index < -0.39 is 0 Å². The van der Waals surface area contributed by atoms with Gasteiger partial charge in [-0.2, -0.15) is 0 Å². The SMILES string of the molecule is COc1ccccc1CNC(=O)/C=C/c1cc(Cl)c2c(c1)OCCO2. The van der Waals surface area contributed by atoms with Gasteiger partial charge in [-0.05, 0) is 29.8 Å². The Balaban J connectivity index is 1.64. The first-order chi connectivity index (χ1) is 12.2. The predicted molar refractivity (Wildman–Crippen MR) is 96.3 cm³/mol. The highest BCUT2D eigenvalue weighted by molar-refractivity contribution is 6.32. The Bertz CT molecular complexity index is 804. The first-order valence-electron chi connectivity index (χ1n) is 7.84. The van der Waals surface area contributed by atoms with E-state index in [0.717, 1.165) is 16.9 Å². The number of halogens is 1. The minimum absolute atomic E-state index is 0.211. The van der Waals surface area contributed by atoms with Crippen molar-refractivity contribution in [2.24, 2.45) is 0 Å². The molecule has 1 aliphatic rings. The van der Waals surface area contributed by atoms with Gasteiger partial charge in [-0.3, -0.25) is 4.79 Å². The molecule has 3 rings (SSSR count). The number of ether oxygens (including phenoxy) is 3. The summed E-state index contributed by atoms with van der Waals surface area (Å²) in [5, 5.41) is 3.29. The van der Waals surface area contributed by atoms with Gasteiger partial charge in [0.05, 0.1) is 12.1 Å². The summed E-state index contributed by atoms with van der Waals surface area (Å²) in [6.45, 7) is 1.35. The van der Waals surface area contributed by atoms with Crippen molar-refractivity contribution >= 4 is 23.6 Å². The Morgan fingerprint density at radius 1 is 1.28 bits per heavy atom. The van der Waals surface area contributed by atoms with E-state index in [1.54, 1.807) is 25.3 Å². The maximum Gasteiger partial charge on any atom is 0.244 e. The molecule has 6 heteroatoms. The van der Waals surface area contributed by atoms with Crippen molar-refractivity contribution in [3.05, 3.63) is 58.6 Å². The van der Waals surface area contributed by atoms with E-state index in [1.807, 2.05) is 24.3 Å². The van der Waals surface area contributed by atoms with E-state index >= 15 is 0 Å². The molecule has 2 aromatic carbocycles. The Morgan fingerprint density at radius 2 is 2.08 bits per heavy atom. The van der Waals surface area contributed by atoms with Gasteiger partial charge in [-0.25, -0.2) is 0 Å². The zero-order valence-electron chi connectivity index (χ0n) is 13.8. The molecule has 25 heavy (non-hydrogen) atoms. The summed E-state index contributed by atoms with van der Waals surface area (Å²) in [6, 6.07) is 11.1. The van der Waals surface area contributed by atoms with Gasteiger partial charge in [-0.15, -0.1) is 0 Å². The molecule has 1 heterocycles. The highest BCUT2D eigenvalue weighted by Gasteiger charge is 2.15. The number of methoxy groups -OCH3 is 1. The van der Waals surface area contributed by atoms with E-state index in [2.05, 4.69) is 5.32 Å². The Labute approximate surface area is 151 Å². The molecule has 2 aromatic rings. The van der Waals surface area contributed by atoms with Gasteiger partial charge in [0.2, 0.25) is 5.91 Å². The monoisotopic (exact) mass is 359 g/mol.